The Morgan fingerprint density at radius 1 is 1.47 bits per heavy atom. The lowest BCUT2D eigenvalue weighted by Gasteiger charge is -2.31. The molecule has 1 N–H and O–H groups in total. The highest BCUT2D eigenvalue weighted by Gasteiger charge is 2.19. The summed E-state index contributed by atoms with van der Waals surface area (Å²) in [5.41, 5.74) is 2.23. The molecule has 0 aliphatic carbocycles. The first kappa shape index (κ1) is 14.1. The third-order valence-corrected chi connectivity index (χ3v) is 3.44. The van der Waals surface area contributed by atoms with E-state index < -0.39 is 0 Å². The van der Waals surface area contributed by atoms with Crippen LogP contribution in [-0.4, -0.2) is 42.9 Å². The highest BCUT2D eigenvalue weighted by Crippen LogP contribution is 2.16. The zero-order chi connectivity index (χ0) is 13.5. The van der Waals surface area contributed by atoms with Crippen molar-refractivity contribution in [2.24, 2.45) is 0 Å². The van der Waals surface area contributed by atoms with Crippen LogP contribution >= 0.6 is 0 Å². The summed E-state index contributed by atoms with van der Waals surface area (Å²) in [6, 6.07) is 8.22. The molecule has 0 radical (unpaired) electrons. The predicted molar refractivity (Wildman–Crippen MR) is 75.7 cm³/mol. The Morgan fingerprint density at radius 2 is 2.37 bits per heavy atom. The van der Waals surface area contributed by atoms with Gasteiger partial charge in [-0.05, 0) is 37.1 Å². The van der Waals surface area contributed by atoms with E-state index >= 15 is 0 Å². The number of piperidine rings is 1. The van der Waals surface area contributed by atoms with Crippen LogP contribution in [0.4, 0.5) is 0 Å². The molecular weight excluding hydrogens is 238 g/mol. The molecule has 102 valence electrons. The van der Waals surface area contributed by atoms with Gasteiger partial charge in [0.25, 0.3) is 0 Å². The van der Waals surface area contributed by atoms with Crippen molar-refractivity contribution >= 4 is 0 Å². The van der Waals surface area contributed by atoms with Gasteiger partial charge in [-0.2, -0.15) is 0 Å². The maximum Gasteiger partial charge on any atom is 0.104 e. The number of rotatable bonds is 3. The quantitative estimate of drug-likeness (QED) is 0.838. The van der Waals surface area contributed by atoms with Crippen LogP contribution in [0.15, 0.2) is 24.3 Å². The zero-order valence-electron chi connectivity index (χ0n) is 11.4. The van der Waals surface area contributed by atoms with Gasteiger partial charge >= 0.3 is 0 Å². The van der Waals surface area contributed by atoms with Crippen molar-refractivity contribution in [2.75, 3.05) is 26.8 Å². The number of methoxy groups -OCH3 is 1. The van der Waals surface area contributed by atoms with E-state index in [1.54, 1.807) is 7.11 Å². The van der Waals surface area contributed by atoms with Crippen LogP contribution in [0.2, 0.25) is 0 Å². The van der Waals surface area contributed by atoms with Crippen LogP contribution in [0, 0.1) is 11.8 Å². The fourth-order valence-corrected chi connectivity index (χ4v) is 2.50. The van der Waals surface area contributed by atoms with Gasteiger partial charge in [-0.1, -0.05) is 24.0 Å². The van der Waals surface area contributed by atoms with Gasteiger partial charge in [-0.25, -0.2) is 0 Å². The molecule has 1 aliphatic rings. The second-order valence-corrected chi connectivity index (χ2v) is 4.90. The normalized spacial score (nSPS) is 19.8. The minimum atomic E-state index is -0.0914. The molecule has 0 bridgehead atoms. The monoisotopic (exact) mass is 259 g/mol. The summed E-state index contributed by atoms with van der Waals surface area (Å²) in [5, 5.41) is 8.72. The fraction of sp³-hybridized carbons (Fsp3) is 0.500. The number of hydrogen-bond acceptors (Lipinski definition) is 3. The second-order valence-electron chi connectivity index (χ2n) is 4.90. The van der Waals surface area contributed by atoms with Crippen LogP contribution in [-0.2, 0) is 11.3 Å². The first-order valence-electron chi connectivity index (χ1n) is 6.75. The number of nitrogens with zero attached hydrogens (tertiary/aromatic N) is 1. The largest absolute Gasteiger partial charge is 0.384 e. The number of ether oxygens (including phenoxy) is 1. The Kier molecular flexibility index (Phi) is 5.41. The lowest BCUT2D eigenvalue weighted by atomic mass is 10.1. The van der Waals surface area contributed by atoms with E-state index in [-0.39, 0.29) is 6.61 Å². The number of aliphatic hydroxyl groups excluding tert-OH is 1. The number of likely N-dealkylation sites (tertiary alicyclic amines) is 1. The molecule has 1 aliphatic heterocycles. The molecule has 1 unspecified atom stereocenters. The lowest BCUT2D eigenvalue weighted by Crippen LogP contribution is -2.38. The van der Waals surface area contributed by atoms with E-state index in [2.05, 4.69) is 28.9 Å². The lowest BCUT2D eigenvalue weighted by molar-refractivity contribution is 0.0285. The molecule has 1 atom stereocenters. The van der Waals surface area contributed by atoms with Gasteiger partial charge in [-0.15, -0.1) is 0 Å². The molecule has 2 rings (SSSR count). The smallest absolute Gasteiger partial charge is 0.104 e. The van der Waals surface area contributed by atoms with Crippen molar-refractivity contribution in [2.45, 2.75) is 25.5 Å². The molecule has 0 spiro atoms. The molecule has 1 fully saturated rings. The van der Waals surface area contributed by atoms with Crippen LogP contribution in [0.1, 0.15) is 24.0 Å². The third-order valence-electron chi connectivity index (χ3n) is 3.44. The van der Waals surface area contributed by atoms with Gasteiger partial charge in [0.15, 0.2) is 0 Å². The van der Waals surface area contributed by atoms with Crippen LogP contribution < -0.4 is 0 Å². The molecule has 1 aromatic rings. The van der Waals surface area contributed by atoms with Crippen LogP contribution in [0.3, 0.4) is 0 Å². The Labute approximate surface area is 115 Å². The minimum absolute atomic E-state index is 0.0914. The molecule has 0 amide bonds. The Morgan fingerprint density at radius 3 is 3.16 bits per heavy atom. The van der Waals surface area contributed by atoms with E-state index in [9.17, 15) is 0 Å². The van der Waals surface area contributed by atoms with E-state index in [0.29, 0.717) is 6.10 Å². The summed E-state index contributed by atoms with van der Waals surface area (Å²) < 4.78 is 5.44. The van der Waals surface area contributed by atoms with Crippen molar-refractivity contribution in [1.82, 2.24) is 4.90 Å². The van der Waals surface area contributed by atoms with Gasteiger partial charge in [0.2, 0.25) is 0 Å². The molecular formula is C16H21NO2. The Bertz CT molecular complexity index is 461. The number of benzene rings is 1. The third kappa shape index (κ3) is 4.36. The van der Waals surface area contributed by atoms with Crippen molar-refractivity contribution in [3.63, 3.8) is 0 Å². The first-order valence-corrected chi connectivity index (χ1v) is 6.75. The van der Waals surface area contributed by atoms with E-state index in [4.69, 9.17) is 9.84 Å². The molecule has 19 heavy (non-hydrogen) atoms. The molecule has 3 heteroatoms. The summed E-state index contributed by atoms with van der Waals surface area (Å²) in [4.78, 5) is 2.43. The fourth-order valence-electron chi connectivity index (χ4n) is 2.50. The average molecular weight is 259 g/mol. The van der Waals surface area contributed by atoms with E-state index in [0.717, 1.165) is 31.6 Å². The van der Waals surface area contributed by atoms with Gasteiger partial charge in [0.1, 0.15) is 6.61 Å². The van der Waals surface area contributed by atoms with Crippen LogP contribution in [0.25, 0.3) is 0 Å². The summed E-state index contributed by atoms with van der Waals surface area (Å²) in [6.07, 6.45) is 2.73. The first-order chi connectivity index (χ1) is 9.31. The summed E-state index contributed by atoms with van der Waals surface area (Å²) in [5.74, 6) is 5.63. The molecule has 1 aromatic carbocycles. The minimum Gasteiger partial charge on any atom is -0.384 e. The predicted octanol–water partition coefficient (Wildman–Crippen LogP) is 1.64. The molecule has 3 nitrogen and oxygen atoms in total. The SMILES string of the molecule is COC1CCCN(Cc2cccc(C#CCO)c2)C1. The van der Waals surface area contributed by atoms with Gasteiger partial charge in [0.05, 0.1) is 6.10 Å². The van der Waals surface area contributed by atoms with Gasteiger partial charge < -0.3 is 9.84 Å². The average Bonchev–Trinajstić information content (AvgIpc) is 2.46. The van der Waals surface area contributed by atoms with Crippen molar-refractivity contribution in [3.05, 3.63) is 35.4 Å². The molecule has 0 saturated carbocycles. The van der Waals surface area contributed by atoms with E-state index in [1.165, 1.54) is 12.0 Å². The Hall–Kier alpha value is -1.34. The van der Waals surface area contributed by atoms with E-state index in [1.807, 2.05) is 12.1 Å². The maximum atomic E-state index is 8.72. The number of aliphatic hydroxyl groups is 1. The maximum absolute atomic E-state index is 8.72. The highest BCUT2D eigenvalue weighted by molar-refractivity contribution is 5.37. The molecule has 1 heterocycles. The van der Waals surface area contributed by atoms with Crippen molar-refractivity contribution < 1.29 is 9.84 Å². The van der Waals surface area contributed by atoms with Gasteiger partial charge in [0, 0.05) is 25.8 Å². The zero-order valence-corrected chi connectivity index (χ0v) is 11.4. The topological polar surface area (TPSA) is 32.7 Å². The summed E-state index contributed by atoms with van der Waals surface area (Å²) >= 11 is 0. The molecule has 1 saturated heterocycles. The standard InChI is InChI=1S/C16H21NO2/c1-19-16-8-3-9-17(13-16)12-15-6-2-5-14(11-15)7-4-10-18/h2,5-6,11,16,18H,3,8-10,12-13H2,1H3. The van der Waals surface area contributed by atoms with Crippen LogP contribution in [0.5, 0.6) is 0 Å². The molecule has 0 aromatic heterocycles. The van der Waals surface area contributed by atoms with Crippen molar-refractivity contribution in [1.29, 1.82) is 0 Å². The Balaban J connectivity index is 1.98. The second kappa shape index (κ2) is 7.30. The summed E-state index contributed by atoms with van der Waals surface area (Å²) in [6.45, 7) is 2.98. The highest BCUT2D eigenvalue weighted by atomic mass is 16.5. The summed E-state index contributed by atoms with van der Waals surface area (Å²) in [7, 11) is 1.79. The number of hydrogen-bond donors (Lipinski definition) is 1. The van der Waals surface area contributed by atoms with Gasteiger partial charge in [-0.3, -0.25) is 4.90 Å². The van der Waals surface area contributed by atoms with Crippen molar-refractivity contribution in [3.8, 4) is 11.8 Å².